The van der Waals surface area contributed by atoms with Crippen LogP contribution in [0.15, 0.2) is 18.2 Å². The van der Waals surface area contributed by atoms with Gasteiger partial charge in [0, 0.05) is 6.54 Å². The summed E-state index contributed by atoms with van der Waals surface area (Å²) in [6, 6.07) is 5.20. The molecule has 0 aromatic heterocycles. The first-order valence-corrected chi connectivity index (χ1v) is 6.89. The third kappa shape index (κ3) is 3.75. The third-order valence-electron chi connectivity index (χ3n) is 3.01. The van der Waals surface area contributed by atoms with Crippen LogP contribution in [0.1, 0.15) is 12.8 Å². The van der Waals surface area contributed by atoms with E-state index in [1.165, 1.54) is 12.8 Å². The van der Waals surface area contributed by atoms with Crippen LogP contribution in [0.3, 0.4) is 0 Å². The fourth-order valence-corrected chi connectivity index (χ4v) is 2.62. The fraction of sp³-hybridized carbons (Fsp3) is 0.538. The molecule has 1 aromatic carbocycles. The Labute approximate surface area is 117 Å². The Balaban J connectivity index is 1.83. The molecule has 1 saturated heterocycles. The number of β-amino-alcohol motifs (C(OH)–C–C–N with tert-alkyl or cyclic N) is 1. The van der Waals surface area contributed by atoms with Crippen molar-refractivity contribution in [1.29, 1.82) is 0 Å². The fourth-order valence-electron chi connectivity index (χ4n) is 2.12. The van der Waals surface area contributed by atoms with Crippen LogP contribution in [0.25, 0.3) is 0 Å². The molecule has 2 rings (SSSR count). The lowest BCUT2D eigenvalue weighted by Crippen LogP contribution is -2.33. The minimum Gasteiger partial charge on any atom is -0.488 e. The number of nitrogens with zero attached hydrogens (tertiary/aromatic N) is 1. The zero-order chi connectivity index (χ0) is 13.0. The van der Waals surface area contributed by atoms with Crippen molar-refractivity contribution in [2.24, 2.45) is 0 Å². The van der Waals surface area contributed by atoms with Gasteiger partial charge in [0.1, 0.15) is 12.7 Å². The Morgan fingerprint density at radius 1 is 1.22 bits per heavy atom. The third-order valence-corrected chi connectivity index (χ3v) is 3.60. The highest BCUT2D eigenvalue weighted by Crippen LogP contribution is 2.32. The molecule has 0 spiro atoms. The van der Waals surface area contributed by atoms with Crippen LogP contribution < -0.4 is 4.74 Å². The van der Waals surface area contributed by atoms with E-state index in [1.807, 2.05) is 0 Å². The second-order valence-corrected chi connectivity index (χ2v) is 5.34. The van der Waals surface area contributed by atoms with Crippen LogP contribution in [0, 0.1) is 0 Å². The van der Waals surface area contributed by atoms with E-state index in [0.717, 1.165) is 13.1 Å². The summed E-state index contributed by atoms with van der Waals surface area (Å²) in [4.78, 5) is 2.24. The maximum atomic E-state index is 9.90. The van der Waals surface area contributed by atoms with Crippen LogP contribution in [0.2, 0.25) is 10.0 Å². The van der Waals surface area contributed by atoms with Crippen molar-refractivity contribution in [2.45, 2.75) is 18.9 Å². The van der Waals surface area contributed by atoms with Gasteiger partial charge in [-0.3, -0.25) is 0 Å². The Kier molecular flexibility index (Phi) is 5.13. The number of likely N-dealkylation sites (tertiary alicyclic amines) is 1. The second kappa shape index (κ2) is 6.62. The molecule has 1 heterocycles. The number of rotatable bonds is 5. The van der Waals surface area contributed by atoms with Crippen LogP contribution in [-0.2, 0) is 0 Å². The number of para-hydroxylation sites is 1. The molecule has 0 aliphatic carbocycles. The molecule has 0 bridgehead atoms. The lowest BCUT2D eigenvalue weighted by molar-refractivity contribution is 0.0759. The highest BCUT2D eigenvalue weighted by atomic mass is 35.5. The first-order chi connectivity index (χ1) is 8.66. The number of aliphatic hydroxyl groups excluding tert-OH is 1. The molecular formula is C13H17Cl2NO2. The number of ether oxygens (including phenoxy) is 1. The van der Waals surface area contributed by atoms with E-state index >= 15 is 0 Å². The van der Waals surface area contributed by atoms with Crippen LogP contribution in [0.4, 0.5) is 0 Å². The van der Waals surface area contributed by atoms with E-state index in [4.69, 9.17) is 27.9 Å². The lowest BCUT2D eigenvalue weighted by Gasteiger charge is -2.20. The van der Waals surface area contributed by atoms with Gasteiger partial charge in [-0.05, 0) is 38.1 Å². The van der Waals surface area contributed by atoms with E-state index in [0.29, 0.717) is 22.3 Å². The largest absolute Gasteiger partial charge is 0.488 e. The summed E-state index contributed by atoms with van der Waals surface area (Å²) in [5.74, 6) is 0.446. The lowest BCUT2D eigenvalue weighted by atomic mass is 10.3. The van der Waals surface area contributed by atoms with Gasteiger partial charge in [0.2, 0.25) is 0 Å². The van der Waals surface area contributed by atoms with Crippen molar-refractivity contribution in [3.8, 4) is 5.75 Å². The van der Waals surface area contributed by atoms with E-state index in [9.17, 15) is 5.11 Å². The molecule has 0 saturated carbocycles. The minimum atomic E-state index is -0.518. The SMILES string of the molecule is OC(COc1c(Cl)cccc1Cl)CN1CCCC1. The molecule has 1 atom stereocenters. The molecule has 1 unspecified atom stereocenters. The zero-order valence-electron chi connectivity index (χ0n) is 10.1. The molecule has 1 N–H and O–H groups in total. The van der Waals surface area contributed by atoms with Crippen molar-refractivity contribution in [2.75, 3.05) is 26.2 Å². The summed E-state index contributed by atoms with van der Waals surface area (Å²) in [5.41, 5.74) is 0. The number of benzene rings is 1. The number of halogens is 2. The molecule has 1 aromatic rings. The Hall–Kier alpha value is -0.480. The van der Waals surface area contributed by atoms with Gasteiger partial charge in [-0.25, -0.2) is 0 Å². The van der Waals surface area contributed by atoms with E-state index in [1.54, 1.807) is 18.2 Å². The first-order valence-electron chi connectivity index (χ1n) is 6.14. The molecule has 100 valence electrons. The molecule has 18 heavy (non-hydrogen) atoms. The summed E-state index contributed by atoms with van der Waals surface area (Å²) < 4.78 is 5.50. The van der Waals surface area contributed by atoms with E-state index in [2.05, 4.69) is 4.90 Å². The van der Waals surface area contributed by atoms with Gasteiger partial charge in [-0.1, -0.05) is 29.3 Å². The van der Waals surface area contributed by atoms with Gasteiger partial charge in [0.15, 0.2) is 5.75 Å². The number of aliphatic hydroxyl groups is 1. The summed E-state index contributed by atoms with van der Waals surface area (Å²) in [6.07, 6.45) is 1.91. The minimum absolute atomic E-state index is 0.208. The molecule has 1 fully saturated rings. The van der Waals surface area contributed by atoms with Crippen molar-refractivity contribution < 1.29 is 9.84 Å². The number of hydrogen-bond acceptors (Lipinski definition) is 3. The van der Waals surface area contributed by atoms with Gasteiger partial charge in [0.25, 0.3) is 0 Å². The van der Waals surface area contributed by atoms with Gasteiger partial charge in [-0.2, -0.15) is 0 Å². The Bertz CT molecular complexity index is 374. The summed E-state index contributed by atoms with van der Waals surface area (Å²) in [6.45, 7) is 2.97. The van der Waals surface area contributed by atoms with Crippen LogP contribution in [-0.4, -0.2) is 42.4 Å². The topological polar surface area (TPSA) is 32.7 Å². The van der Waals surface area contributed by atoms with Crippen LogP contribution >= 0.6 is 23.2 Å². The molecule has 3 nitrogen and oxygen atoms in total. The maximum Gasteiger partial charge on any atom is 0.156 e. The summed E-state index contributed by atoms with van der Waals surface area (Å²) in [7, 11) is 0. The Morgan fingerprint density at radius 2 is 1.83 bits per heavy atom. The van der Waals surface area contributed by atoms with Crippen molar-refractivity contribution in [1.82, 2.24) is 4.90 Å². The first kappa shape index (κ1) is 13.9. The van der Waals surface area contributed by atoms with Crippen molar-refractivity contribution >= 4 is 23.2 Å². The van der Waals surface area contributed by atoms with Gasteiger partial charge in [-0.15, -0.1) is 0 Å². The molecule has 1 aliphatic rings. The molecule has 5 heteroatoms. The molecule has 1 aliphatic heterocycles. The van der Waals surface area contributed by atoms with Gasteiger partial charge >= 0.3 is 0 Å². The predicted octanol–water partition coefficient (Wildman–Crippen LogP) is 2.83. The van der Waals surface area contributed by atoms with Crippen LogP contribution in [0.5, 0.6) is 5.75 Å². The monoisotopic (exact) mass is 289 g/mol. The standard InChI is InChI=1S/C13H17Cl2NO2/c14-11-4-3-5-12(15)13(11)18-9-10(17)8-16-6-1-2-7-16/h3-5,10,17H,1-2,6-9H2. The van der Waals surface area contributed by atoms with E-state index < -0.39 is 6.10 Å². The van der Waals surface area contributed by atoms with Crippen molar-refractivity contribution in [3.05, 3.63) is 28.2 Å². The second-order valence-electron chi connectivity index (χ2n) is 4.52. The zero-order valence-corrected chi connectivity index (χ0v) is 11.6. The average Bonchev–Trinajstić information content (AvgIpc) is 2.81. The highest BCUT2D eigenvalue weighted by Gasteiger charge is 2.17. The summed E-state index contributed by atoms with van der Waals surface area (Å²) in [5, 5.41) is 10.8. The molecular weight excluding hydrogens is 273 g/mol. The van der Waals surface area contributed by atoms with E-state index in [-0.39, 0.29) is 6.61 Å². The normalized spacial score (nSPS) is 17.9. The molecule has 0 radical (unpaired) electrons. The Morgan fingerprint density at radius 3 is 2.44 bits per heavy atom. The highest BCUT2D eigenvalue weighted by molar-refractivity contribution is 6.37. The molecule has 0 amide bonds. The van der Waals surface area contributed by atoms with Crippen molar-refractivity contribution in [3.63, 3.8) is 0 Å². The summed E-state index contributed by atoms with van der Waals surface area (Å²) >= 11 is 12.0. The number of hydrogen-bond donors (Lipinski definition) is 1. The average molecular weight is 290 g/mol. The predicted molar refractivity (Wildman–Crippen MR) is 73.6 cm³/mol. The van der Waals surface area contributed by atoms with Gasteiger partial charge in [0.05, 0.1) is 10.0 Å². The smallest absolute Gasteiger partial charge is 0.156 e. The maximum absolute atomic E-state index is 9.90. The van der Waals surface area contributed by atoms with Gasteiger partial charge < -0.3 is 14.7 Å². The quantitative estimate of drug-likeness (QED) is 0.905.